The molecule has 1 saturated carbocycles. The maximum absolute atomic E-state index is 9.94. The van der Waals surface area contributed by atoms with Crippen molar-refractivity contribution in [1.29, 1.82) is 0 Å². The zero-order valence-corrected chi connectivity index (χ0v) is 10.4. The number of nitrogens with zero attached hydrogens (tertiary/aromatic N) is 2. The van der Waals surface area contributed by atoms with Crippen LogP contribution in [-0.4, -0.2) is 21.4 Å². The van der Waals surface area contributed by atoms with E-state index in [9.17, 15) is 5.11 Å². The Morgan fingerprint density at radius 3 is 2.56 bits per heavy atom. The summed E-state index contributed by atoms with van der Waals surface area (Å²) in [6, 6.07) is 0. The first-order valence-corrected chi connectivity index (χ1v) is 5.82. The third-order valence-corrected chi connectivity index (χ3v) is 3.38. The van der Waals surface area contributed by atoms with E-state index in [2.05, 4.69) is 17.1 Å². The highest BCUT2D eigenvalue weighted by Crippen LogP contribution is 2.46. The lowest BCUT2D eigenvalue weighted by Crippen LogP contribution is -2.28. The Labute approximate surface area is 96.1 Å². The number of hydrogen-bond acceptors (Lipinski definition) is 4. The lowest BCUT2D eigenvalue weighted by atomic mass is 9.87. The third-order valence-electron chi connectivity index (χ3n) is 3.38. The van der Waals surface area contributed by atoms with E-state index < -0.39 is 6.10 Å². The lowest BCUT2D eigenvalue weighted by Gasteiger charge is -2.24. The number of aliphatic hydroxyl groups excluding tert-OH is 1. The summed E-state index contributed by atoms with van der Waals surface area (Å²) in [7, 11) is 0. The van der Waals surface area contributed by atoms with E-state index in [0.717, 1.165) is 18.7 Å². The molecule has 0 bridgehead atoms. The third kappa shape index (κ3) is 2.26. The van der Waals surface area contributed by atoms with Gasteiger partial charge in [0.25, 0.3) is 0 Å². The predicted octanol–water partition coefficient (Wildman–Crippen LogP) is 2.07. The molecule has 1 unspecified atom stereocenters. The quantitative estimate of drug-likeness (QED) is 0.853. The molecule has 0 radical (unpaired) electrons. The van der Waals surface area contributed by atoms with E-state index in [0.29, 0.717) is 12.3 Å². The van der Waals surface area contributed by atoms with Gasteiger partial charge in [-0.3, -0.25) is 0 Å². The van der Waals surface area contributed by atoms with Crippen LogP contribution in [0, 0.1) is 5.41 Å². The maximum Gasteiger partial charge on any atom is 0.229 e. The molecule has 90 valence electrons. The van der Waals surface area contributed by atoms with Crippen molar-refractivity contribution in [2.24, 2.45) is 5.41 Å². The van der Waals surface area contributed by atoms with Crippen LogP contribution in [0.25, 0.3) is 0 Å². The fourth-order valence-corrected chi connectivity index (χ4v) is 1.47. The smallest absolute Gasteiger partial charge is 0.229 e. The van der Waals surface area contributed by atoms with Gasteiger partial charge in [-0.05, 0) is 18.3 Å². The summed E-state index contributed by atoms with van der Waals surface area (Å²) in [5.41, 5.74) is -0.0213. The molecule has 1 fully saturated rings. The fourth-order valence-electron chi connectivity index (χ4n) is 1.47. The molecule has 1 aromatic rings. The summed E-state index contributed by atoms with van der Waals surface area (Å²) < 4.78 is 5.18. The Kier molecular flexibility index (Phi) is 2.57. The van der Waals surface area contributed by atoms with Gasteiger partial charge < -0.3 is 9.63 Å². The number of hydrogen-bond donors (Lipinski definition) is 1. The number of aromatic nitrogens is 2. The van der Waals surface area contributed by atoms with Crippen LogP contribution in [0.2, 0.25) is 0 Å². The van der Waals surface area contributed by atoms with E-state index in [1.165, 1.54) is 0 Å². The second-order valence-electron chi connectivity index (χ2n) is 6.16. The van der Waals surface area contributed by atoms with Gasteiger partial charge in [-0.25, -0.2) is 0 Å². The van der Waals surface area contributed by atoms with Crippen molar-refractivity contribution in [2.45, 2.75) is 58.5 Å². The Balaban J connectivity index is 2.03. The van der Waals surface area contributed by atoms with E-state index in [-0.39, 0.29) is 10.8 Å². The van der Waals surface area contributed by atoms with Crippen molar-refractivity contribution in [2.75, 3.05) is 0 Å². The molecule has 0 aliphatic heterocycles. The van der Waals surface area contributed by atoms with Crippen molar-refractivity contribution < 1.29 is 9.63 Å². The standard InChI is InChI=1S/C12H20N2O2/c1-11(2,3)8(15)7-9-13-10(14-16-9)12(4)5-6-12/h8,15H,5-7H2,1-4H3. The molecule has 1 aliphatic carbocycles. The first kappa shape index (κ1) is 11.6. The molecule has 1 heterocycles. The van der Waals surface area contributed by atoms with Crippen LogP contribution in [-0.2, 0) is 11.8 Å². The van der Waals surface area contributed by atoms with Gasteiger partial charge in [-0.15, -0.1) is 0 Å². The predicted molar refractivity (Wildman–Crippen MR) is 60.0 cm³/mol. The van der Waals surface area contributed by atoms with E-state index in [1.54, 1.807) is 0 Å². The summed E-state index contributed by atoms with van der Waals surface area (Å²) in [6.45, 7) is 8.13. The summed E-state index contributed by atoms with van der Waals surface area (Å²) in [5, 5.41) is 13.9. The molecule has 1 aliphatic rings. The minimum absolute atomic E-state index is 0.133. The van der Waals surface area contributed by atoms with Crippen LogP contribution >= 0.6 is 0 Å². The van der Waals surface area contributed by atoms with Crippen molar-refractivity contribution in [3.8, 4) is 0 Å². The van der Waals surface area contributed by atoms with E-state index in [4.69, 9.17) is 4.52 Å². The zero-order valence-electron chi connectivity index (χ0n) is 10.4. The highest BCUT2D eigenvalue weighted by atomic mass is 16.5. The van der Waals surface area contributed by atoms with Crippen molar-refractivity contribution in [1.82, 2.24) is 10.1 Å². The Morgan fingerprint density at radius 1 is 1.44 bits per heavy atom. The first-order chi connectivity index (χ1) is 7.31. The molecular weight excluding hydrogens is 204 g/mol. The van der Waals surface area contributed by atoms with E-state index >= 15 is 0 Å². The highest BCUT2D eigenvalue weighted by molar-refractivity contribution is 5.14. The fraction of sp³-hybridized carbons (Fsp3) is 0.833. The van der Waals surface area contributed by atoms with Crippen LogP contribution in [0.5, 0.6) is 0 Å². The SMILES string of the molecule is CC1(c2noc(CC(O)C(C)(C)C)n2)CC1. The van der Waals surface area contributed by atoms with Gasteiger partial charge in [-0.2, -0.15) is 4.98 Å². The molecule has 1 aromatic heterocycles. The summed E-state index contributed by atoms with van der Waals surface area (Å²) in [6.07, 6.45) is 2.25. The second kappa shape index (κ2) is 3.55. The summed E-state index contributed by atoms with van der Waals surface area (Å²) >= 11 is 0. The van der Waals surface area contributed by atoms with Gasteiger partial charge in [-0.1, -0.05) is 32.9 Å². The van der Waals surface area contributed by atoms with Crippen molar-refractivity contribution >= 4 is 0 Å². The molecule has 2 rings (SSSR count). The molecule has 1 N–H and O–H groups in total. The normalized spacial score (nSPS) is 20.8. The van der Waals surface area contributed by atoms with E-state index in [1.807, 2.05) is 20.8 Å². The first-order valence-electron chi connectivity index (χ1n) is 5.82. The van der Waals surface area contributed by atoms with Crippen LogP contribution in [0.15, 0.2) is 4.52 Å². The number of aliphatic hydroxyl groups is 1. The maximum atomic E-state index is 9.94. The monoisotopic (exact) mass is 224 g/mol. The van der Waals surface area contributed by atoms with Crippen molar-refractivity contribution in [3.05, 3.63) is 11.7 Å². The van der Waals surface area contributed by atoms with Crippen molar-refractivity contribution in [3.63, 3.8) is 0 Å². The van der Waals surface area contributed by atoms with Gasteiger partial charge >= 0.3 is 0 Å². The average Bonchev–Trinajstić information content (AvgIpc) is 2.75. The van der Waals surface area contributed by atoms with Gasteiger partial charge in [0.05, 0.1) is 12.5 Å². The molecule has 16 heavy (non-hydrogen) atoms. The largest absolute Gasteiger partial charge is 0.392 e. The topological polar surface area (TPSA) is 59.2 Å². The van der Waals surface area contributed by atoms with Crippen LogP contribution in [0.3, 0.4) is 0 Å². The van der Waals surface area contributed by atoms with Gasteiger partial charge in [0, 0.05) is 5.41 Å². The molecule has 4 heteroatoms. The number of rotatable bonds is 3. The van der Waals surface area contributed by atoms with Crippen LogP contribution in [0.4, 0.5) is 0 Å². The summed E-state index contributed by atoms with van der Waals surface area (Å²) in [4.78, 5) is 4.36. The van der Waals surface area contributed by atoms with Crippen LogP contribution in [0.1, 0.15) is 52.3 Å². The van der Waals surface area contributed by atoms with Crippen LogP contribution < -0.4 is 0 Å². The molecule has 1 atom stereocenters. The molecule has 4 nitrogen and oxygen atoms in total. The minimum Gasteiger partial charge on any atom is -0.392 e. The summed E-state index contributed by atoms with van der Waals surface area (Å²) in [5.74, 6) is 1.34. The Morgan fingerprint density at radius 2 is 2.06 bits per heavy atom. The lowest BCUT2D eigenvalue weighted by molar-refractivity contribution is 0.0565. The molecule has 0 spiro atoms. The molecular formula is C12H20N2O2. The van der Waals surface area contributed by atoms with Gasteiger partial charge in [0.15, 0.2) is 5.82 Å². The average molecular weight is 224 g/mol. The zero-order chi connectivity index (χ0) is 12.0. The molecule has 0 saturated heterocycles. The molecule has 0 amide bonds. The highest BCUT2D eigenvalue weighted by Gasteiger charge is 2.43. The minimum atomic E-state index is -0.451. The Bertz CT molecular complexity index is 375. The Hall–Kier alpha value is -0.900. The molecule has 0 aromatic carbocycles. The second-order valence-corrected chi connectivity index (χ2v) is 6.16. The van der Waals surface area contributed by atoms with Gasteiger partial charge in [0.1, 0.15) is 0 Å². The van der Waals surface area contributed by atoms with Gasteiger partial charge in [0.2, 0.25) is 5.89 Å².